The highest BCUT2D eigenvalue weighted by atomic mass is 19.4. The summed E-state index contributed by atoms with van der Waals surface area (Å²) in [5.41, 5.74) is 5.26. The highest BCUT2D eigenvalue weighted by Crippen LogP contribution is 2.39. The Hall–Kier alpha value is -1.10. The van der Waals surface area contributed by atoms with Crippen LogP contribution in [0, 0.1) is 17.7 Å². The molecule has 1 aliphatic rings. The summed E-state index contributed by atoms with van der Waals surface area (Å²) < 4.78 is 50.9. The van der Waals surface area contributed by atoms with E-state index in [4.69, 9.17) is 5.73 Å². The van der Waals surface area contributed by atoms with Crippen LogP contribution in [0.1, 0.15) is 43.4 Å². The summed E-state index contributed by atoms with van der Waals surface area (Å²) in [5, 5.41) is 0. The fourth-order valence-electron chi connectivity index (χ4n) is 2.82. The lowest BCUT2D eigenvalue weighted by Crippen LogP contribution is -2.20. The Balaban J connectivity index is 2.20. The van der Waals surface area contributed by atoms with E-state index in [0.29, 0.717) is 11.5 Å². The van der Waals surface area contributed by atoms with E-state index in [1.807, 2.05) is 0 Å². The van der Waals surface area contributed by atoms with Crippen LogP contribution in [-0.2, 0) is 6.18 Å². The average molecular weight is 275 g/mol. The van der Waals surface area contributed by atoms with Gasteiger partial charge in [0.15, 0.2) is 0 Å². The van der Waals surface area contributed by atoms with Crippen LogP contribution in [0.15, 0.2) is 18.2 Å². The highest BCUT2D eigenvalue weighted by Gasteiger charge is 2.35. The minimum Gasteiger partial charge on any atom is -0.324 e. The molecule has 106 valence electrons. The third-order valence-electron chi connectivity index (χ3n) is 3.93. The zero-order valence-corrected chi connectivity index (χ0v) is 10.7. The number of benzene rings is 1. The molecule has 1 fully saturated rings. The number of hydrogen-bond acceptors (Lipinski definition) is 1. The summed E-state index contributed by atoms with van der Waals surface area (Å²) >= 11 is 0. The minimum atomic E-state index is -4.66. The molecule has 19 heavy (non-hydrogen) atoms. The maximum Gasteiger partial charge on any atom is 0.419 e. The molecule has 1 aromatic carbocycles. The Morgan fingerprint density at radius 3 is 2.42 bits per heavy atom. The number of halogens is 4. The average Bonchev–Trinajstić information content (AvgIpc) is 2.73. The van der Waals surface area contributed by atoms with Crippen LogP contribution < -0.4 is 5.73 Å². The van der Waals surface area contributed by atoms with Gasteiger partial charge in [0.25, 0.3) is 0 Å². The molecule has 1 saturated carbocycles. The number of nitrogens with two attached hydrogens (primary N) is 1. The summed E-state index contributed by atoms with van der Waals surface area (Å²) in [6, 6.07) is 2.61. The van der Waals surface area contributed by atoms with Crippen molar-refractivity contribution in [1.29, 1.82) is 0 Å². The Labute approximate surface area is 109 Å². The first kappa shape index (κ1) is 14.3. The van der Waals surface area contributed by atoms with Crippen molar-refractivity contribution in [2.45, 2.75) is 38.4 Å². The van der Waals surface area contributed by atoms with Crippen LogP contribution >= 0.6 is 0 Å². The molecule has 0 bridgehead atoms. The molecule has 1 aromatic rings. The minimum absolute atomic E-state index is 0.228. The van der Waals surface area contributed by atoms with Crippen molar-refractivity contribution in [2.75, 3.05) is 0 Å². The first-order valence-corrected chi connectivity index (χ1v) is 6.41. The second-order valence-electron chi connectivity index (χ2n) is 5.44. The fourth-order valence-corrected chi connectivity index (χ4v) is 2.82. The zero-order valence-electron chi connectivity index (χ0n) is 10.7. The van der Waals surface area contributed by atoms with Crippen molar-refractivity contribution in [2.24, 2.45) is 17.6 Å². The maximum absolute atomic E-state index is 13.5. The number of alkyl halides is 3. The normalized spacial score (nSPS) is 25.6. The molecule has 0 saturated heterocycles. The lowest BCUT2D eigenvalue weighted by atomic mass is 9.91. The van der Waals surface area contributed by atoms with E-state index in [-0.39, 0.29) is 12.0 Å². The Bertz CT molecular complexity index is 455. The monoisotopic (exact) mass is 275 g/mol. The van der Waals surface area contributed by atoms with E-state index in [1.54, 1.807) is 0 Å². The van der Waals surface area contributed by atoms with E-state index in [9.17, 15) is 17.6 Å². The standard InChI is InChI=1S/C14H17F4N/c1-8-2-3-9(6-8)13(19)10-4-5-11(12(15)7-10)14(16,17)18/h4-5,7-9,13H,2-3,6,19H2,1H3. The first-order valence-electron chi connectivity index (χ1n) is 6.41. The fraction of sp³-hybridized carbons (Fsp3) is 0.571. The molecule has 0 aliphatic heterocycles. The second-order valence-corrected chi connectivity index (χ2v) is 5.44. The molecule has 1 nitrogen and oxygen atoms in total. The maximum atomic E-state index is 13.5. The van der Waals surface area contributed by atoms with Gasteiger partial charge in [-0.2, -0.15) is 13.2 Å². The Morgan fingerprint density at radius 2 is 1.95 bits per heavy atom. The van der Waals surface area contributed by atoms with Crippen LogP contribution in [0.5, 0.6) is 0 Å². The van der Waals surface area contributed by atoms with E-state index in [1.165, 1.54) is 6.07 Å². The molecule has 5 heteroatoms. The highest BCUT2D eigenvalue weighted by molar-refractivity contribution is 5.29. The molecule has 2 N–H and O–H groups in total. The van der Waals surface area contributed by atoms with E-state index >= 15 is 0 Å². The molecule has 0 spiro atoms. The summed E-state index contributed by atoms with van der Waals surface area (Å²) in [5.74, 6) is -0.437. The van der Waals surface area contributed by atoms with E-state index in [2.05, 4.69) is 6.92 Å². The van der Waals surface area contributed by atoms with Gasteiger partial charge in [-0.15, -0.1) is 0 Å². The molecule has 2 rings (SSSR count). The van der Waals surface area contributed by atoms with E-state index < -0.39 is 17.6 Å². The van der Waals surface area contributed by atoms with Gasteiger partial charge in [0.2, 0.25) is 0 Å². The van der Waals surface area contributed by atoms with Crippen molar-refractivity contribution in [1.82, 2.24) is 0 Å². The van der Waals surface area contributed by atoms with Crippen molar-refractivity contribution in [3.05, 3.63) is 35.1 Å². The van der Waals surface area contributed by atoms with Crippen LogP contribution in [0.2, 0.25) is 0 Å². The van der Waals surface area contributed by atoms with Gasteiger partial charge >= 0.3 is 6.18 Å². The largest absolute Gasteiger partial charge is 0.419 e. The zero-order chi connectivity index (χ0) is 14.2. The molecule has 3 unspecified atom stereocenters. The molecule has 0 heterocycles. The Morgan fingerprint density at radius 1 is 1.26 bits per heavy atom. The molecule has 3 atom stereocenters. The molecule has 0 amide bonds. The molecular formula is C14H17F4N. The summed E-state index contributed by atoms with van der Waals surface area (Å²) in [6.07, 6.45) is -1.69. The molecule has 1 aliphatic carbocycles. The molecule has 0 radical (unpaired) electrons. The predicted octanol–water partition coefficient (Wildman–Crippen LogP) is 4.28. The van der Waals surface area contributed by atoms with Crippen LogP contribution in [-0.4, -0.2) is 0 Å². The van der Waals surface area contributed by atoms with Gasteiger partial charge in [0, 0.05) is 6.04 Å². The van der Waals surface area contributed by atoms with Crippen LogP contribution in [0.3, 0.4) is 0 Å². The SMILES string of the molecule is CC1CCC(C(N)c2ccc(C(F)(F)F)c(F)c2)C1. The van der Waals surface area contributed by atoms with Gasteiger partial charge in [-0.3, -0.25) is 0 Å². The van der Waals surface area contributed by atoms with Crippen molar-refractivity contribution < 1.29 is 17.6 Å². The molecular weight excluding hydrogens is 258 g/mol. The van der Waals surface area contributed by atoms with Crippen molar-refractivity contribution >= 4 is 0 Å². The van der Waals surface area contributed by atoms with Gasteiger partial charge in [0.05, 0.1) is 5.56 Å². The smallest absolute Gasteiger partial charge is 0.324 e. The van der Waals surface area contributed by atoms with Crippen molar-refractivity contribution in [3.63, 3.8) is 0 Å². The van der Waals surface area contributed by atoms with Gasteiger partial charge in [0.1, 0.15) is 5.82 Å². The van der Waals surface area contributed by atoms with Crippen LogP contribution in [0.4, 0.5) is 17.6 Å². The predicted molar refractivity (Wildman–Crippen MR) is 64.8 cm³/mol. The van der Waals surface area contributed by atoms with Crippen molar-refractivity contribution in [3.8, 4) is 0 Å². The lowest BCUT2D eigenvalue weighted by Gasteiger charge is -2.20. The topological polar surface area (TPSA) is 26.0 Å². The third kappa shape index (κ3) is 3.08. The van der Waals surface area contributed by atoms with Gasteiger partial charge in [-0.1, -0.05) is 19.4 Å². The van der Waals surface area contributed by atoms with E-state index in [0.717, 1.165) is 31.4 Å². The lowest BCUT2D eigenvalue weighted by molar-refractivity contribution is -0.140. The first-order chi connectivity index (χ1) is 8.79. The second kappa shape index (κ2) is 5.12. The van der Waals surface area contributed by atoms with Crippen LogP contribution in [0.25, 0.3) is 0 Å². The Kier molecular flexibility index (Phi) is 3.85. The quantitative estimate of drug-likeness (QED) is 0.801. The third-order valence-corrected chi connectivity index (χ3v) is 3.93. The summed E-state index contributed by atoms with van der Waals surface area (Å²) in [6.45, 7) is 2.13. The van der Waals surface area contributed by atoms with Gasteiger partial charge in [-0.05, 0) is 42.4 Å². The number of hydrogen-bond donors (Lipinski definition) is 1. The molecule has 0 aromatic heterocycles. The summed E-state index contributed by atoms with van der Waals surface area (Å²) in [7, 11) is 0. The van der Waals surface area contributed by atoms with Gasteiger partial charge in [-0.25, -0.2) is 4.39 Å². The summed E-state index contributed by atoms with van der Waals surface area (Å²) in [4.78, 5) is 0. The van der Waals surface area contributed by atoms with Gasteiger partial charge < -0.3 is 5.73 Å². The number of rotatable bonds is 2.